The molecule has 1 aliphatic rings. The van der Waals surface area contributed by atoms with Gasteiger partial charge in [0.2, 0.25) is 0 Å². The zero-order valence-corrected chi connectivity index (χ0v) is 19.3. The molecule has 2 aromatic carbocycles. The van der Waals surface area contributed by atoms with Crippen LogP contribution in [0.5, 0.6) is 5.75 Å². The van der Waals surface area contributed by atoms with Crippen LogP contribution in [0.25, 0.3) is 0 Å². The number of hydrogen-bond acceptors (Lipinski definition) is 6. The van der Waals surface area contributed by atoms with Crippen molar-refractivity contribution >= 4 is 23.0 Å². The number of anilines is 3. The Bertz CT molecular complexity index is 1290. The fraction of sp³-hybridized carbons (Fsp3) is 0.320. The van der Waals surface area contributed by atoms with Crippen molar-refractivity contribution in [3.8, 4) is 5.75 Å². The zero-order chi connectivity index (χ0) is 24.2. The summed E-state index contributed by atoms with van der Waals surface area (Å²) in [4.78, 5) is 40.5. The minimum Gasteiger partial charge on any atom is -0.505 e. The Hall–Kier alpha value is -4.01. The van der Waals surface area contributed by atoms with E-state index in [1.165, 1.54) is 7.05 Å². The van der Waals surface area contributed by atoms with Gasteiger partial charge in [-0.1, -0.05) is 43.3 Å². The van der Waals surface area contributed by atoms with Crippen LogP contribution in [-0.2, 0) is 7.05 Å². The fourth-order valence-corrected chi connectivity index (χ4v) is 4.22. The number of aromatic nitrogens is 2. The molecule has 0 saturated carbocycles. The van der Waals surface area contributed by atoms with Crippen LogP contribution in [0.3, 0.4) is 0 Å². The standard InChI is InChI=1S/C25H29N5O4/c1-3-18(16-10-5-4-6-11-16)26-21-20(23(32)28-29(2)25(21)34)27-19-13-9-12-17(22(19)31)24(33)30-14-7-8-15-30/h4-6,9-13,18,26-27,31H,3,7-8,14-15H2,1-2H3,(H,28,32)/t18-/m1/s1. The van der Waals surface area contributed by atoms with E-state index in [1.807, 2.05) is 37.3 Å². The number of likely N-dealkylation sites (tertiary alicyclic amines) is 1. The lowest BCUT2D eigenvalue weighted by molar-refractivity contribution is 0.0790. The van der Waals surface area contributed by atoms with E-state index in [4.69, 9.17) is 0 Å². The van der Waals surface area contributed by atoms with Crippen LogP contribution in [-0.4, -0.2) is 38.8 Å². The van der Waals surface area contributed by atoms with E-state index in [9.17, 15) is 19.5 Å². The predicted octanol–water partition coefficient (Wildman–Crippen LogP) is 3.32. The van der Waals surface area contributed by atoms with Gasteiger partial charge in [-0.05, 0) is 37.0 Å². The van der Waals surface area contributed by atoms with E-state index in [0.29, 0.717) is 19.5 Å². The number of aromatic amines is 1. The number of hydrogen-bond donors (Lipinski definition) is 4. The third-order valence-electron chi connectivity index (χ3n) is 6.11. The first-order valence-electron chi connectivity index (χ1n) is 11.4. The van der Waals surface area contributed by atoms with Crippen molar-refractivity contribution in [1.29, 1.82) is 0 Å². The molecule has 34 heavy (non-hydrogen) atoms. The van der Waals surface area contributed by atoms with Crippen LogP contribution in [0.15, 0.2) is 58.1 Å². The van der Waals surface area contributed by atoms with Gasteiger partial charge < -0.3 is 20.6 Å². The lowest BCUT2D eigenvalue weighted by Crippen LogP contribution is -2.32. The number of nitrogens with zero attached hydrogens (tertiary/aromatic N) is 2. The van der Waals surface area contributed by atoms with E-state index in [-0.39, 0.29) is 40.3 Å². The van der Waals surface area contributed by atoms with Crippen molar-refractivity contribution in [2.24, 2.45) is 7.05 Å². The number of amides is 1. The number of nitrogens with one attached hydrogen (secondary N) is 3. The fourth-order valence-electron chi connectivity index (χ4n) is 4.22. The summed E-state index contributed by atoms with van der Waals surface area (Å²) in [6.45, 7) is 3.28. The number of para-hydroxylation sites is 1. The molecule has 1 aliphatic heterocycles. The van der Waals surface area contributed by atoms with Crippen molar-refractivity contribution in [3.63, 3.8) is 0 Å². The molecule has 0 bridgehead atoms. The van der Waals surface area contributed by atoms with Crippen molar-refractivity contribution in [2.45, 2.75) is 32.2 Å². The maximum atomic E-state index is 13.0. The topological polar surface area (TPSA) is 119 Å². The summed E-state index contributed by atoms with van der Waals surface area (Å²) in [5, 5.41) is 19.5. The number of H-pyrrole nitrogens is 1. The molecule has 1 atom stereocenters. The van der Waals surface area contributed by atoms with Crippen LogP contribution >= 0.6 is 0 Å². The van der Waals surface area contributed by atoms with Gasteiger partial charge in [-0.3, -0.25) is 24.2 Å². The smallest absolute Gasteiger partial charge is 0.290 e. The second-order valence-electron chi connectivity index (χ2n) is 8.40. The van der Waals surface area contributed by atoms with Crippen LogP contribution in [0, 0.1) is 0 Å². The second kappa shape index (κ2) is 9.86. The van der Waals surface area contributed by atoms with Crippen molar-refractivity contribution < 1.29 is 9.90 Å². The lowest BCUT2D eigenvalue weighted by atomic mass is 10.0. The van der Waals surface area contributed by atoms with Crippen LogP contribution in [0.1, 0.15) is 48.1 Å². The summed E-state index contributed by atoms with van der Waals surface area (Å²) in [6, 6.07) is 14.2. The Morgan fingerprint density at radius 1 is 1.06 bits per heavy atom. The molecular weight excluding hydrogens is 434 g/mol. The SMILES string of the molecule is CC[C@@H](Nc1c(Nc2cccc(C(=O)N3CCCC3)c2O)c(=O)[nH]n(C)c1=O)c1ccccc1. The predicted molar refractivity (Wildman–Crippen MR) is 132 cm³/mol. The molecule has 9 nitrogen and oxygen atoms in total. The maximum absolute atomic E-state index is 13.0. The maximum Gasteiger partial charge on any atom is 0.290 e. The quantitative estimate of drug-likeness (QED) is 0.399. The largest absolute Gasteiger partial charge is 0.505 e. The summed E-state index contributed by atoms with van der Waals surface area (Å²) in [6.07, 6.45) is 2.54. The first-order chi connectivity index (χ1) is 16.4. The Morgan fingerprint density at radius 2 is 1.76 bits per heavy atom. The number of aryl methyl sites for hydroxylation is 1. The van der Waals surface area contributed by atoms with Gasteiger partial charge in [0.05, 0.1) is 17.3 Å². The molecule has 178 valence electrons. The number of benzene rings is 2. The molecule has 1 saturated heterocycles. The zero-order valence-electron chi connectivity index (χ0n) is 19.3. The molecule has 3 aromatic rings. The molecule has 1 amide bonds. The highest BCUT2D eigenvalue weighted by molar-refractivity contribution is 5.99. The molecule has 4 rings (SSSR count). The molecule has 0 radical (unpaired) electrons. The first kappa shape index (κ1) is 23.2. The number of phenols is 1. The first-order valence-corrected chi connectivity index (χ1v) is 11.4. The molecule has 0 spiro atoms. The number of rotatable bonds is 7. The lowest BCUT2D eigenvalue weighted by Gasteiger charge is -2.21. The highest BCUT2D eigenvalue weighted by atomic mass is 16.3. The summed E-state index contributed by atoms with van der Waals surface area (Å²) < 4.78 is 1.11. The van der Waals surface area contributed by atoms with Gasteiger partial charge in [-0.2, -0.15) is 0 Å². The van der Waals surface area contributed by atoms with E-state index in [1.54, 1.807) is 23.1 Å². The van der Waals surface area contributed by atoms with Crippen LogP contribution in [0.4, 0.5) is 17.1 Å². The number of carbonyl (C=O) groups excluding carboxylic acids is 1. The molecule has 0 unspecified atom stereocenters. The number of carbonyl (C=O) groups is 1. The van der Waals surface area contributed by atoms with Gasteiger partial charge in [0.25, 0.3) is 17.0 Å². The average molecular weight is 464 g/mol. The van der Waals surface area contributed by atoms with E-state index in [2.05, 4.69) is 15.7 Å². The second-order valence-corrected chi connectivity index (χ2v) is 8.40. The molecule has 1 aromatic heterocycles. The summed E-state index contributed by atoms with van der Waals surface area (Å²) >= 11 is 0. The van der Waals surface area contributed by atoms with Crippen LogP contribution < -0.4 is 21.8 Å². The normalized spacial score (nSPS) is 14.1. The highest BCUT2D eigenvalue weighted by Crippen LogP contribution is 2.33. The Morgan fingerprint density at radius 3 is 2.44 bits per heavy atom. The highest BCUT2D eigenvalue weighted by Gasteiger charge is 2.24. The molecule has 0 aliphatic carbocycles. The monoisotopic (exact) mass is 463 g/mol. The molecule has 2 heterocycles. The molecule has 1 fully saturated rings. The van der Waals surface area contributed by atoms with Gasteiger partial charge in [-0.25, -0.2) is 0 Å². The third kappa shape index (κ3) is 4.54. The number of phenolic OH excluding ortho intramolecular Hbond substituents is 1. The van der Waals surface area contributed by atoms with E-state index in [0.717, 1.165) is 23.1 Å². The number of aromatic hydroxyl groups is 1. The van der Waals surface area contributed by atoms with Crippen LogP contribution in [0.2, 0.25) is 0 Å². The van der Waals surface area contributed by atoms with E-state index >= 15 is 0 Å². The molecular formula is C25H29N5O4. The van der Waals surface area contributed by atoms with Crippen molar-refractivity contribution in [3.05, 3.63) is 80.4 Å². The van der Waals surface area contributed by atoms with E-state index < -0.39 is 11.1 Å². The van der Waals surface area contributed by atoms with Gasteiger partial charge in [0.15, 0.2) is 5.75 Å². The molecule has 4 N–H and O–H groups in total. The van der Waals surface area contributed by atoms with Crippen molar-refractivity contribution in [2.75, 3.05) is 23.7 Å². The molecule has 9 heteroatoms. The van der Waals surface area contributed by atoms with Gasteiger partial charge in [0.1, 0.15) is 11.4 Å². The minimum absolute atomic E-state index is 0.0291. The third-order valence-corrected chi connectivity index (χ3v) is 6.11. The Labute approximate surface area is 197 Å². The summed E-state index contributed by atoms with van der Waals surface area (Å²) in [7, 11) is 1.47. The van der Waals surface area contributed by atoms with Crippen molar-refractivity contribution in [1.82, 2.24) is 14.7 Å². The van der Waals surface area contributed by atoms with Gasteiger partial charge >= 0.3 is 0 Å². The van der Waals surface area contributed by atoms with Gasteiger partial charge in [-0.15, -0.1) is 0 Å². The summed E-state index contributed by atoms with van der Waals surface area (Å²) in [5.74, 6) is -0.523. The van der Waals surface area contributed by atoms with Gasteiger partial charge in [0, 0.05) is 20.1 Å². The Balaban J connectivity index is 1.72. The summed E-state index contributed by atoms with van der Waals surface area (Å²) in [5.41, 5.74) is 0.371. The average Bonchev–Trinajstić information content (AvgIpc) is 3.38. The minimum atomic E-state index is -0.539. The Kier molecular flexibility index (Phi) is 6.72.